The van der Waals surface area contributed by atoms with E-state index in [-0.39, 0.29) is 11.0 Å². The Balaban J connectivity index is 1.70. The van der Waals surface area contributed by atoms with Gasteiger partial charge in [0, 0.05) is 30.8 Å². The molecule has 0 aromatic heterocycles. The van der Waals surface area contributed by atoms with Gasteiger partial charge in [-0.25, -0.2) is 0 Å². The molecule has 1 unspecified atom stereocenters. The third kappa shape index (κ3) is 4.32. The summed E-state index contributed by atoms with van der Waals surface area (Å²) < 4.78 is 6.00. The van der Waals surface area contributed by atoms with Gasteiger partial charge in [-0.15, -0.1) is 0 Å². The Morgan fingerprint density at radius 1 is 1.09 bits per heavy atom. The minimum Gasteiger partial charge on any atom is -0.376 e. The van der Waals surface area contributed by atoms with E-state index in [2.05, 4.69) is 25.0 Å². The Morgan fingerprint density at radius 3 is 2.50 bits per heavy atom. The average molecular weight is 306 g/mol. The standard InChI is InChI=1S/C19H34N2O/c1-18(2)14-19(10-13-22-18,16-21-11-6-7-12-21)15-20-17-8-4-3-5-9-17/h15,17H,3-14,16H2,1-2H3. The van der Waals surface area contributed by atoms with Crippen LogP contribution in [0.4, 0.5) is 0 Å². The van der Waals surface area contributed by atoms with Crippen LogP contribution in [0.25, 0.3) is 0 Å². The molecule has 3 rings (SSSR count). The number of likely N-dealkylation sites (tertiary alicyclic amines) is 1. The maximum absolute atomic E-state index is 6.00. The molecule has 3 fully saturated rings. The number of hydrogen-bond donors (Lipinski definition) is 0. The van der Waals surface area contributed by atoms with Gasteiger partial charge >= 0.3 is 0 Å². The number of hydrogen-bond acceptors (Lipinski definition) is 3. The van der Waals surface area contributed by atoms with Crippen molar-refractivity contribution in [2.45, 2.75) is 83.3 Å². The summed E-state index contributed by atoms with van der Waals surface area (Å²) in [4.78, 5) is 7.74. The van der Waals surface area contributed by atoms with Gasteiger partial charge in [-0.2, -0.15) is 0 Å². The van der Waals surface area contributed by atoms with E-state index in [1.54, 1.807) is 0 Å². The quantitative estimate of drug-likeness (QED) is 0.732. The van der Waals surface area contributed by atoms with Crippen molar-refractivity contribution in [2.24, 2.45) is 10.4 Å². The van der Waals surface area contributed by atoms with Gasteiger partial charge in [0.15, 0.2) is 0 Å². The minimum absolute atomic E-state index is 0.00341. The van der Waals surface area contributed by atoms with Crippen LogP contribution in [-0.2, 0) is 4.74 Å². The van der Waals surface area contributed by atoms with Gasteiger partial charge in [-0.05, 0) is 65.5 Å². The highest BCUT2D eigenvalue weighted by Gasteiger charge is 2.41. The Bertz CT molecular complexity index is 381. The van der Waals surface area contributed by atoms with E-state index in [0.29, 0.717) is 6.04 Å². The van der Waals surface area contributed by atoms with Crippen LogP contribution in [0.15, 0.2) is 4.99 Å². The van der Waals surface area contributed by atoms with Crippen molar-refractivity contribution >= 4 is 6.21 Å². The van der Waals surface area contributed by atoms with E-state index in [1.165, 1.54) is 64.6 Å². The van der Waals surface area contributed by atoms with Crippen molar-refractivity contribution in [1.29, 1.82) is 0 Å². The third-order valence-corrected chi connectivity index (χ3v) is 5.74. The fourth-order valence-corrected chi connectivity index (χ4v) is 4.68. The smallest absolute Gasteiger partial charge is 0.0635 e. The second-order valence-electron chi connectivity index (χ2n) is 8.45. The summed E-state index contributed by atoms with van der Waals surface area (Å²) in [5.41, 5.74) is 0.236. The van der Waals surface area contributed by atoms with Crippen molar-refractivity contribution in [3.63, 3.8) is 0 Å². The molecule has 2 aliphatic heterocycles. The predicted octanol–water partition coefficient (Wildman–Crippen LogP) is 4.06. The lowest BCUT2D eigenvalue weighted by Gasteiger charge is -2.44. The molecule has 1 saturated carbocycles. The fraction of sp³-hybridized carbons (Fsp3) is 0.947. The zero-order valence-electron chi connectivity index (χ0n) is 14.6. The van der Waals surface area contributed by atoms with Crippen molar-refractivity contribution in [3.05, 3.63) is 0 Å². The Morgan fingerprint density at radius 2 is 1.82 bits per heavy atom. The summed E-state index contributed by atoms with van der Waals surface area (Å²) in [6.45, 7) is 9.13. The van der Waals surface area contributed by atoms with E-state index in [1.807, 2.05) is 0 Å². The van der Waals surface area contributed by atoms with Gasteiger partial charge in [0.05, 0.1) is 5.60 Å². The molecule has 3 aliphatic rings. The topological polar surface area (TPSA) is 24.8 Å². The maximum atomic E-state index is 6.00. The predicted molar refractivity (Wildman–Crippen MR) is 92.7 cm³/mol. The minimum atomic E-state index is -0.00341. The lowest BCUT2D eigenvalue weighted by Crippen LogP contribution is -2.48. The van der Waals surface area contributed by atoms with Gasteiger partial charge in [0.25, 0.3) is 0 Å². The summed E-state index contributed by atoms with van der Waals surface area (Å²) in [5.74, 6) is 0. The van der Waals surface area contributed by atoms with E-state index in [0.717, 1.165) is 19.4 Å². The molecule has 0 aromatic carbocycles. The third-order valence-electron chi connectivity index (χ3n) is 5.74. The van der Waals surface area contributed by atoms with Crippen LogP contribution < -0.4 is 0 Å². The van der Waals surface area contributed by atoms with Gasteiger partial charge in [-0.3, -0.25) is 4.99 Å². The van der Waals surface area contributed by atoms with E-state index >= 15 is 0 Å². The van der Waals surface area contributed by atoms with Gasteiger partial charge in [-0.1, -0.05) is 19.3 Å². The molecular formula is C19H34N2O. The summed E-state index contributed by atoms with van der Waals surface area (Å²) in [5, 5.41) is 0. The number of rotatable bonds is 4. The van der Waals surface area contributed by atoms with E-state index in [4.69, 9.17) is 9.73 Å². The van der Waals surface area contributed by atoms with E-state index in [9.17, 15) is 0 Å². The molecule has 3 heteroatoms. The van der Waals surface area contributed by atoms with Crippen molar-refractivity contribution in [1.82, 2.24) is 4.90 Å². The molecular weight excluding hydrogens is 272 g/mol. The summed E-state index contributed by atoms with van der Waals surface area (Å²) in [7, 11) is 0. The molecule has 126 valence electrons. The first kappa shape index (κ1) is 16.4. The molecule has 1 atom stereocenters. The largest absolute Gasteiger partial charge is 0.376 e. The summed E-state index contributed by atoms with van der Waals surface area (Å²) >= 11 is 0. The number of nitrogens with zero attached hydrogens (tertiary/aromatic N) is 2. The molecule has 22 heavy (non-hydrogen) atoms. The van der Waals surface area contributed by atoms with Gasteiger partial charge in [0.1, 0.15) is 0 Å². The molecule has 0 amide bonds. The molecule has 0 aromatic rings. The highest BCUT2D eigenvalue weighted by atomic mass is 16.5. The first-order valence-electron chi connectivity index (χ1n) is 9.48. The average Bonchev–Trinajstić information content (AvgIpc) is 2.98. The van der Waals surface area contributed by atoms with Crippen LogP contribution in [-0.4, -0.2) is 49.0 Å². The number of ether oxygens (including phenoxy) is 1. The first-order valence-corrected chi connectivity index (χ1v) is 9.48. The zero-order valence-corrected chi connectivity index (χ0v) is 14.6. The van der Waals surface area contributed by atoms with Crippen molar-refractivity contribution < 1.29 is 4.74 Å². The van der Waals surface area contributed by atoms with Crippen LogP contribution in [0.5, 0.6) is 0 Å². The van der Waals surface area contributed by atoms with Gasteiger partial charge < -0.3 is 9.64 Å². The molecule has 0 spiro atoms. The second kappa shape index (κ2) is 7.00. The number of aliphatic imine (C=N–C) groups is 1. The molecule has 2 saturated heterocycles. The zero-order chi connectivity index (χ0) is 15.5. The molecule has 1 aliphatic carbocycles. The molecule has 2 heterocycles. The second-order valence-corrected chi connectivity index (χ2v) is 8.45. The van der Waals surface area contributed by atoms with Crippen LogP contribution in [0.1, 0.15) is 71.6 Å². The van der Waals surface area contributed by atoms with Crippen LogP contribution in [0.2, 0.25) is 0 Å². The lowest BCUT2D eigenvalue weighted by molar-refractivity contribution is -0.0898. The Labute approximate surface area is 136 Å². The summed E-state index contributed by atoms with van der Waals surface area (Å²) in [6.07, 6.45) is 14.1. The lowest BCUT2D eigenvalue weighted by atomic mass is 9.74. The van der Waals surface area contributed by atoms with Gasteiger partial charge in [0.2, 0.25) is 0 Å². The molecule has 0 N–H and O–H groups in total. The van der Waals surface area contributed by atoms with Crippen molar-refractivity contribution in [3.8, 4) is 0 Å². The molecule has 3 nitrogen and oxygen atoms in total. The monoisotopic (exact) mass is 306 g/mol. The highest BCUT2D eigenvalue weighted by Crippen LogP contribution is 2.39. The van der Waals surface area contributed by atoms with Crippen molar-refractivity contribution in [2.75, 3.05) is 26.2 Å². The maximum Gasteiger partial charge on any atom is 0.0635 e. The fourth-order valence-electron chi connectivity index (χ4n) is 4.68. The normalized spacial score (nSPS) is 34.5. The van der Waals surface area contributed by atoms with Crippen LogP contribution in [0.3, 0.4) is 0 Å². The van der Waals surface area contributed by atoms with Crippen LogP contribution in [0, 0.1) is 5.41 Å². The van der Waals surface area contributed by atoms with Crippen LogP contribution >= 0.6 is 0 Å². The highest BCUT2D eigenvalue weighted by molar-refractivity contribution is 5.67. The Hall–Kier alpha value is -0.410. The summed E-state index contributed by atoms with van der Waals surface area (Å²) in [6, 6.07) is 0.593. The van der Waals surface area contributed by atoms with E-state index < -0.39 is 0 Å². The first-order chi connectivity index (χ1) is 10.6. The molecule has 0 radical (unpaired) electrons. The Kier molecular flexibility index (Phi) is 5.24. The molecule has 0 bridgehead atoms. The SMILES string of the molecule is CC1(C)CC(C=NC2CCCCC2)(CN2CCCC2)CCO1.